The van der Waals surface area contributed by atoms with E-state index in [-0.39, 0.29) is 0 Å². The standard InChI is InChI=1S/C15H27/c1-4-15(2,3)14(13-10-11-13)7-5-6-12-8-9-12/h7,12-14H,4-6,8-11H2,1-3H3. The monoisotopic (exact) mass is 207 g/mol. The van der Waals surface area contributed by atoms with Gasteiger partial charge in [0.1, 0.15) is 0 Å². The van der Waals surface area contributed by atoms with Gasteiger partial charge in [-0.1, -0.05) is 46.5 Å². The van der Waals surface area contributed by atoms with Crippen molar-refractivity contribution in [2.45, 2.75) is 65.7 Å². The Hall–Kier alpha value is 0. The molecule has 0 saturated heterocycles. The van der Waals surface area contributed by atoms with E-state index < -0.39 is 0 Å². The maximum Gasteiger partial charge on any atom is -0.0303 e. The van der Waals surface area contributed by atoms with Crippen LogP contribution in [0.15, 0.2) is 0 Å². The van der Waals surface area contributed by atoms with E-state index >= 15 is 0 Å². The Labute approximate surface area is 95.8 Å². The van der Waals surface area contributed by atoms with Gasteiger partial charge in [0.25, 0.3) is 0 Å². The van der Waals surface area contributed by atoms with Crippen LogP contribution < -0.4 is 0 Å². The van der Waals surface area contributed by atoms with Gasteiger partial charge < -0.3 is 0 Å². The lowest BCUT2D eigenvalue weighted by atomic mass is 9.71. The summed E-state index contributed by atoms with van der Waals surface area (Å²) >= 11 is 0. The third-order valence-corrected chi connectivity index (χ3v) is 4.64. The third kappa shape index (κ3) is 3.23. The van der Waals surface area contributed by atoms with Gasteiger partial charge in [-0.25, -0.2) is 0 Å². The highest BCUT2D eigenvalue weighted by atomic mass is 14.4. The average molecular weight is 207 g/mol. The van der Waals surface area contributed by atoms with Crippen LogP contribution in [0.4, 0.5) is 0 Å². The van der Waals surface area contributed by atoms with E-state index in [0.717, 1.165) is 17.8 Å². The number of hydrogen-bond acceptors (Lipinski definition) is 0. The molecule has 15 heavy (non-hydrogen) atoms. The fraction of sp³-hybridized carbons (Fsp3) is 0.933. The highest BCUT2D eigenvalue weighted by Crippen LogP contribution is 2.49. The SMILES string of the molecule is CCC(C)(C)C([CH]CCC1CC1)C1CC1. The van der Waals surface area contributed by atoms with E-state index in [0.29, 0.717) is 5.41 Å². The molecule has 2 rings (SSSR count). The Kier molecular flexibility index (Phi) is 3.42. The van der Waals surface area contributed by atoms with Crippen molar-refractivity contribution in [3.63, 3.8) is 0 Å². The summed E-state index contributed by atoms with van der Waals surface area (Å²) < 4.78 is 0. The van der Waals surface area contributed by atoms with Crippen molar-refractivity contribution < 1.29 is 0 Å². The first-order valence-electron chi connectivity index (χ1n) is 6.97. The Balaban J connectivity index is 1.76. The number of rotatable bonds is 7. The van der Waals surface area contributed by atoms with Crippen LogP contribution in [-0.2, 0) is 0 Å². The lowest BCUT2D eigenvalue weighted by Crippen LogP contribution is -2.25. The molecule has 0 spiro atoms. The van der Waals surface area contributed by atoms with Crippen molar-refractivity contribution in [3.8, 4) is 0 Å². The minimum atomic E-state index is 0.546. The highest BCUT2D eigenvalue weighted by Gasteiger charge is 2.39. The topological polar surface area (TPSA) is 0 Å². The van der Waals surface area contributed by atoms with Crippen molar-refractivity contribution in [1.82, 2.24) is 0 Å². The molecule has 2 saturated carbocycles. The summed E-state index contributed by atoms with van der Waals surface area (Å²) in [5.74, 6) is 3.05. The highest BCUT2D eigenvalue weighted by molar-refractivity contribution is 4.97. The van der Waals surface area contributed by atoms with Gasteiger partial charge in [0.05, 0.1) is 0 Å². The minimum absolute atomic E-state index is 0.546. The second-order valence-corrected chi connectivity index (χ2v) is 6.46. The molecule has 0 amide bonds. The van der Waals surface area contributed by atoms with Gasteiger partial charge in [0.15, 0.2) is 0 Å². The van der Waals surface area contributed by atoms with E-state index in [1.165, 1.54) is 44.9 Å². The van der Waals surface area contributed by atoms with Crippen LogP contribution in [0, 0.1) is 29.6 Å². The molecule has 0 heterocycles. The molecule has 0 aliphatic heterocycles. The number of hydrogen-bond donors (Lipinski definition) is 0. The molecule has 0 aromatic carbocycles. The lowest BCUT2D eigenvalue weighted by Gasteiger charge is -2.34. The van der Waals surface area contributed by atoms with Crippen LogP contribution in [0.5, 0.6) is 0 Å². The van der Waals surface area contributed by atoms with Crippen molar-refractivity contribution in [3.05, 3.63) is 6.42 Å². The molecular weight excluding hydrogens is 180 g/mol. The summed E-state index contributed by atoms with van der Waals surface area (Å²) in [5, 5.41) is 0. The molecule has 0 N–H and O–H groups in total. The average Bonchev–Trinajstić information content (AvgIpc) is 3.03. The van der Waals surface area contributed by atoms with E-state index in [4.69, 9.17) is 0 Å². The Morgan fingerprint density at radius 3 is 2.33 bits per heavy atom. The maximum atomic E-state index is 2.68. The first-order valence-corrected chi connectivity index (χ1v) is 6.97. The van der Waals surface area contributed by atoms with Crippen LogP contribution in [0.25, 0.3) is 0 Å². The summed E-state index contributed by atoms with van der Waals surface area (Å²) in [4.78, 5) is 0. The van der Waals surface area contributed by atoms with Crippen LogP contribution in [0.3, 0.4) is 0 Å². The molecule has 0 nitrogen and oxygen atoms in total. The van der Waals surface area contributed by atoms with Gasteiger partial charge >= 0.3 is 0 Å². The molecule has 2 aliphatic carbocycles. The molecule has 2 fully saturated rings. The largest absolute Gasteiger partial charge is 0.0649 e. The fourth-order valence-corrected chi connectivity index (χ4v) is 2.76. The van der Waals surface area contributed by atoms with Crippen molar-refractivity contribution in [1.29, 1.82) is 0 Å². The predicted molar refractivity (Wildman–Crippen MR) is 66.5 cm³/mol. The summed E-state index contributed by atoms with van der Waals surface area (Å²) in [7, 11) is 0. The quantitative estimate of drug-likeness (QED) is 0.560. The van der Waals surface area contributed by atoms with Gasteiger partial charge in [-0.05, 0) is 48.9 Å². The van der Waals surface area contributed by atoms with E-state index in [9.17, 15) is 0 Å². The van der Waals surface area contributed by atoms with Crippen molar-refractivity contribution >= 4 is 0 Å². The molecule has 1 unspecified atom stereocenters. The molecule has 2 aliphatic rings. The first-order chi connectivity index (χ1) is 7.13. The summed E-state index contributed by atoms with van der Waals surface area (Å²) in [6, 6.07) is 0. The van der Waals surface area contributed by atoms with Gasteiger partial charge in [-0.15, -0.1) is 0 Å². The first kappa shape index (κ1) is 11.5. The van der Waals surface area contributed by atoms with Crippen LogP contribution in [0.1, 0.15) is 65.7 Å². The summed E-state index contributed by atoms with van der Waals surface area (Å²) in [6.45, 7) is 7.28. The molecule has 87 valence electrons. The molecule has 0 heteroatoms. The van der Waals surface area contributed by atoms with Gasteiger partial charge in [0, 0.05) is 0 Å². The van der Waals surface area contributed by atoms with E-state index in [2.05, 4.69) is 27.2 Å². The smallest absolute Gasteiger partial charge is 0.0303 e. The Morgan fingerprint density at radius 1 is 1.20 bits per heavy atom. The normalized spacial score (nSPS) is 24.2. The summed E-state index contributed by atoms with van der Waals surface area (Å²) in [5.41, 5.74) is 0.546. The van der Waals surface area contributed by atoms with Crippen LogP contribution in [0.2, 0.25) is 0 Å². The molecule has 0 aromatic rings. The third-order valence-electron chi connectivity index (χ3n) is 4.64. The Bertz CT molecular complexity index is 196. The molecule has 0 bridgehead atoms. The summed E-state index contributed by atoms with van der Waals surface area (Å²) in [6.07, 6.45) is 12.9. The zero-order chi connectivity index (χ0) is 10.9. The molecule has 0 aromatic heterocycles. The minimum Gasteiger partial charge on any atom is -0.0649 e. The zero-order valence-corrected chi connectivity index (χ0v) is 10.8. The van der Waals surface area contributed by atoms with Gasteiger partial charge in [-0.3, -0.25) is 0 Å². The van der Waals surface area contributed by atoms with Crippen LogP contribution in [-0.4, -0.2) is 0 Å². The van der Waals surface area contributed by atoms with E-state index in [1.807, 2.05) is 0 Å². The van der Waals surface area contributed by atoms with Crippen molar-refractivity contribution in [2.24, 2.45) is 23.2 Å². The molecule has 1 atom stereocenters. The van der Waals surface area contributed by atoms with Crippen molar-refractivity contribution in [2.75, 3.05) is 0 Å². The second-order valence-electron chi connectivity index (χ2n) is 6.46. The fourth-order valence-electron chi connectivity index (χ4n) is 2.76. The van der Waals surface area contributed by atoms with Gasteiger partial charge in [-0.2, -0.15) is 0 Å². The zero-order valence-electron chi connectivity index (χ0n) is 10.8. The van der Waals surface area contributed by atoms with Gasteiger partial charge in [0.2, 0.25) is 0 Å². The van der Waals surface area contributed by atoms with Crippen LogP contribution >= 0.6 is 0 Å². The molecule has 1 radical (unpaired) electrons. The molecular formula is C15H27. The second kappa shape index (κ2) is 4.47. The maximum absolute atomic E-state index is 2.68. The lowest BCUT2D eigenvalue weighted by molar-refractivity contribution is 0.203. The van der Waals surface area contributed by atoms with E-state index in [1.54, 1.807) is 0 Å². The predicted octanol–water partition coefficient (Wildman–Crippen LogP) is 4.84. The Morgan fingerprint density at radius 2 is 1.87 bits per heavy atom.